The highest BCUT2D eigenvalue weighted by Crippen LogP contribution is 2.25. The van der Waals surface area contributed by atoms with Crippen LogP contribution >= 0.6 is 0 Å². The van der Waals surface area contributed by atoms with Gasteiger partial charge in [-0.3, -0.25) is 4.79 Å². The molecule has 2 heterocycles. The van der Waals surface area contributed by atoms with Crippen molar-refractivity contribution in [2.75, 3.05) is 7.05 Å². The average Bonchev–Trinajstić information content (AvgIpc) is 3.22. The Morgan fingerprint density at radius 3 is 2.76 bits per heavy atom. The second-order valence-corrected chi connectivity index (χ2v) is 5.92. The van der Waals surface area contributed by atoms with E-state index in [1.165, 1.54) is 6.07 Å². The Hall–Kier alpha value is -2.89. The van der Waals surface area contributed by atoms with E-state index in [9.17, 15) is 9.18 Å². The lowest BCUT2D eigenvalue weighted by atomic mass is 10.1. The Morgan fingerprint density at radius 1 is 1.24 bits per heavy atom. The zero-order valence-electron chi connectivity index (χ0n) is 14.2. The summed E-state index contributed by atoms with van der Waals surface area (Å²) >= 11 is 0. The van der Waals surface area contributed by atoms with Gasteiger partial charge < -0.3 is 13.8 Å². The smallest absolute Gasteiger partial charge is 0.223 e. The predicted molar refractivity (Wildman–Crippen MR) is 90.1 cm³/mol. The number of carbonyl (C=O) groups excluding carboxylic acids is 1. The molecule has 0 aliphatic heterocycles. The second-order valence-electron chi connectivity index (χ2n) is 5.92. The minimum Gasteiger partial charge on any atom is -0.461 e. The maximum Gasteiger partial charge on any atom is 0.223 e. The number of aromatic nitrogens is 1. The molecule has 0 fully saturated rings. The standard InChI is InChI=1S/C19H19FN2O3/c1-13-11-14(21-25-13)12-22(2)19(23)10-8-15-7-9-18(24-15)16-5-3-4-6-17(16)20/h3-7,9,11H,8,10,12H2,1-2H3. The number of furan rings is 1. The number of amides is 1. The van der Waals surface area contributed by atoms with E-state index >= 15 is 0 Å². The maximum absolute atomic E-state index is 13.8. The summed E-state index contributed by atoms with van der Waals surface area (Å²) in [7, 11) is 1.72. The van der Waals surface area contributed by atoms with Gasteiger partial charge in [-0.25, -0.2) is 4.39 Å². The van der Waals surface area contributed by atoms with Crippen molar-refractivity contribution in [3.63, 3.8) is 0 Å². The highest BCUT2D eigenvalue weighted by atomic mass is 19.1. The molecule has 0 spiro atoms. The molecule has 0 aliphatic carbocycles. The van der Waals surface area contributed by atoms with Gasteiger partial charge >= 0.3 is 0 Å². The first kappa shape index (κ1) is 17.0. The third-order valence-electron chi connectivity index (χ3n) is 3.89. The number of nitrogens with zero attached hydrogens (tertiary/aromatic N) is 2. The molecule has 0 radical (unpaired) electrons. The number of hydrogen-bond acceptors (Lipinski definition) is 4. The van der Waals surface area contributed by atoms with Crippen LogP contribution in [0.15, 0.2) is 51.4 Å². The molecular formula is C19H19FN2O3. The highest BCUT2D eigenvalue weighted by Gasteiger charge is 2.14. The molecule has 3 aromatic rings. The van der Waals surface area contributed by atoms with Crippen molar-refractivity contribution in [3.05, 3.63) is 65.5 Å². The largest absolute Gasteiger partial charge is 0.461 e. The van der Waals surface area contributed by atoms with E-state index in [0.29, 0.717) is 47.9 Å². The molecule has 130 valence electrons. The quantitative estimate of drug-likeness (QED) is 0.680. The van der Waals surface area contributed by atoms with Gasteiger partial charge in [0.05, 0.1) is 12.1 Å². The molecule has 0 saturated heterocycles. The summed E-state index contributed by atoms with van der Waals surface area (Å²) in [6, 6.07) is 11.7. The molecule has 6 heteroatoms. The number of benzene rings is 1. The minimum absolute atomic E-state index is 0.0236. The van der Waals surface area contributed by atoms with Gasteiger partial charge in [0, 0.05) is 26.0 Å². The summed E-state index contributed by atoms with van der Waals surface area (Å²) in [5.41, 5.74) is 1.13. The SMILES string of the molecule is Cc1cc(CN(C)C(=O)CCc2ccc(-c3ccccc3F)o2)no1. The Balaban J connectivity index is 1.56. The third kappa shape index (κ3) is 4.15. The highest BCUT2D eigenvalue weighted by molar-refractivity contribution is 5.76. The Morgan fingerprint density at radius 2 is 2.04 bits per heavy atom. The Bertz CT molecular complexity index is 869. The minimum atomic E-state index is -0.331. The van der Waals surface area contributed by atoms with Crippen LogP contribution in [0.25, 0.3) is 11.3 Å². The number of carbonyl (C=O) groups is 1. The number of halogens is 1. The maximum atomic E-state index is 13.8. The van der Waals surface area contributed by atoms with Crippen molar-refractivity contribution >= 4 is 5.91 Å². The van der Waals surface area contributed by atoms with Gasteiger partial charge in [0.15, 0.2) is 0 Å². The summed E-state index contributed by atoms with van der Waals surface area (Å²) in [5, 5.41) is 3.88. The van der Waals surface area contributed by atoms with Crippen LogP contribution in [-0.4, -0.2) is 23.0 Å². The topological polar surface area (TPSA) is 59.5 Å². The van der Waals surface area contributed by atoms with Gasteiger partial charge in [-0.05, 0) is 31.2 Å². The van der Waals surface area contributed by atoms with E-state index in [1.54, 1.807) is 48.3 Å². The van der Waals surface area contributed by atoms with Crippen LogP contribution in [0.5, 0.6) is 0 Å². The molecule has 2 aromatic heterocycles. The fourth-order valence-corrected chi connectivity index (χ4v) is 2.56. The molecule has 25 heavy (non-hydrogen) atoms. The molecular weight excluding hydrogens is 323 g/mol. The van der Waals surface area contributed by atoms with Gasteiger partial charge in [-0.15, -0.1) is 0 Å². The Kier molecular flexibility index (Phi) is 4.97. The molecule has 1 amide bonds. The van der Waals surface area contributed by atoms with Gasteiger partial charge in [-0.1, -0.05) is 17.3 Å². The predicted octanol–water partition coefficient (Wildman–Crippen LogP) is 3.97. The zero-order valence-corrected chi connectivity index (χ0v) is 14.2. The lowest BCUT2D eigenvalue weighted by Gasteiger charge is -2.14. The fraction of sp³-hybridized carbons (Fsp3) is 0.263. The van der Waals surface area contributed by atoms with Crippen LogP contribution in [0.3, 0.4) is 0 Å². The Labute approximate surface area is 145 Å². The molecule has 5 nitrogen and oxygen atoms in total. The first-order valence-corrected chi connectivity index (χ1v) is 8.02. The fourth-order valence-electron chi connectivity index (χ4n) is 2.56. The van der Waals surface area contributed by atoms with Crippen LogP contribution in [0.1, 0.15) is 23.6 Å². The lowest BCUT2D eigenvalue weighted by molar-refractivity contribution is -0.130. The molecule has 3 rings (SSSR count). The van der Waals surface area contributed by atoms with Crippen molar-refractivity contribution in [2.24, 2.45) is 0 Å². The van der Waals surface area contributed by atoms with Crippen LogP contribution in [0.2, 0.25) is 0 Å². The summed E-state index contributed by atoms with van der Waals surface area (Å²) in [6.07, 6.45) is 0.757. The van der Waals surface area contributed by atoms with Crippen molar-refractivity contribution in [3.8, 4) is 11.3 Å². The van der Waals surface area contributed by atoms with Gasteiger partial charge in [0.25, 0.3) is 0 Å². The summed E-state index contributed by atoms with van der Waals surface area (Å²) in [5.74, 6) is 1.47. The van der Waals surface area contributed by atoms with Crippen molar-refractivity contribution in [2.45, 2.75) is 26.3 Å². The van der Waals surface area contributed by atoms with E-state index in [2.05, 4.69) is 5.16 Å². The molecule has 0 N–H and O–H groups in total. The molecule has 0 unspecified atom stereocenters. The average molecular weight is 342 g/mol. The number of aryl methyl sites for hydroxylation is 2. The van der Waals surface area contributed by atoms with Crippen LogP contribution in [-0.2, 0) is 17.8 Å². The first-order valence-electron chi connectivity index (χ1n) is 8.02. The second kappa shape index (κ2) is 7.34. The van der Waals surface area contributed by atoms with Gasteiger partial charge in [-0.2, -0.15) is 0 Å². The molecule has 1 aromatic carbocycles. The van der Waals surface area contributed by atoms with Crippen LogP contribution < -0.4 is 0 Å². The van der Waals surface area contributed by atoms with Crippen LogP contribution in [0, 0.1) is 12.7 Å². The molecule has 0 atom stereocenters. The zero-order chi connectivity index (χ0) is 17.8. The first-order chi connectivity index (χ1) is 12.0. The van der Waals surface area contributed by atoms with E-state index in [-0.39, 0.29) is 11.7 Å². The number of hydrogen-bond donors (Lipinski definition) is 0. The summed E-state index contributed by atoms with van der Waals surface area (Å²) in [4.78, 5) is 13.8. The van der Waals surface area contributed by atoms with E-state index in [1.807, 2.05) is 6.92 Å². The van der Waals surface area contributed by atoms with Crippen molar-refractivity contribution in [1.82, 2.24) is 10.1 Å². The normalized spacial score (nSPS) is 10.8. The summed E-state index contributed by atoms with van der Waals surface area (Å²) in [6.45, 7) is 2.21. The van der Waals surface area contributed by atoms with Crippen molar-refractivity contribution in [1.29, 1.82) is 0 Å². The number of rotatable bonds is 6. The van der Waals surface area contributed by atoms with Crippen molar-refractivity contribution < 1.29 is 18.1 Å². The van der Waals surface area contributed by atoms with Gasteiger partial charge in [0.2, 0.25) is 5.91 Å². The molecule has 0 bridgehead atoms. The van der Waals surface area contributed by atoms with E-state index in [4.69, 9.17) is 8.94 Å². The van der Waals surface area contributed by atoms with E-state index < -0.39 is 0 Å². The van der Waals surface area contributed by atoms with E-state index in [0.717, 1.165) is 0 Å². The molecule has 0 aliphatic rings. The summed E-state index contributed by atoms with van der Waals surface area (Å²) < 4.78 is 24.4. The molecule has 0 saturated carbocycles. The van der Waals surface area contributed by atoms with Gasteiger partial charge in [0.1, 0.15) is 28.8 Å². The monoisotopic (exact) mass is 342 g/mol. The third-order valence-corrected chi connectivity index (χ3v) is 3.89. The lowest BCUT2D eigenvalue weighted by Crippen LogP contribution is -2.26. The van der Waals surface area contributed by atoms with Crippen LogP contribution in [0.4, 0.5) is 4.39 Å².